The van der Waals surface area contributed by atoms with Crippen LogP contribution in [0.5, 0.6) is 0 Å². The zero-order chi connectivity index (χ0) is 20.5. The van der Waals surface area contributed by atoms with Crippen LogP contribution in [0.2, 0.25) is 0 Å². The summed E-state index contributed by atoms with van der Waals surface area (Å²) < 4.78 is 0. The molecule has 5 nitrogen and oxygen atoms in total. The molecule has 0 aromatic heterocycles. The molecule has 5 aliphatic rings. The second-order valence-electron chi connectivity index (χ2n) is 7.63. The molecule has 0 aromatic rings. The molecule has 148 valence electrons. The normalized spacial score (nSPS) is 21.2. The van der Waals surface area contributed by atoms with Gasteiger partial charge in [-0.15, -0.1) is 0 Å². The summed E-state index contributed by atoms with van der Waals surface area (Å²) in [4.78, 5) is 18.7. The topological polar surface area (TPSA) is 69.7 Å². The smallest absolute Gasteiger partial charge is 0.146 e. The van der Waals surface area contributed by atoms with Gasteiger partial charge in [-0.2, -0.15) is 0 Å². The van der Waals surface area contributed by atoms with Gasteiger partial charge in [0.1, 0.15) is 11.5 Å². The third-order valence-electron chi connectivity index (χ3n) is 5.32. The molecule has 5 heteroatoms. The first-order valence-electron chi connectivity index (χ1n) is 10.4. The number of hydrogen-bond donors (Lipinski definition) is 1. The predicted octanol–water partition coefficient (Wildman–Crippen LogP) is 5.42. The number of aliphatic hydroxyl groups excluding tert-OH is 1. The maximum atomic E-state index is 10.9. The molecular formula is C25H22N4O. The van der Waals surface area contributed by atoms with Crippen LogP contribution >= 0.6 is 0 Å². The van der Waals surface area contributed by atoms with Crippen molar-refractivity contribution in [3.8, 4) is 0 Å². The van der Waals surface area contributed by atoms with Crippen molar-refractivity contribution in [3.05, 3.63) is 94.9 Å². The summed E-state index contributed by atoms with van der Waals surface area (Å²) in [6, 6.07) is 0. The quantitative estimate of drug-likeness (QED) is 0.636. The van der Waals surface area contributed by atoms with E-state index in [1.54, 1.807) is 0 Å². The van der Waals surface area contributed by atoms with Crippen molar-refractivity contribution in [1.82, 2.24) is 0 Å². The molecule has 5 heterocycles. The highest BCUT2D eigenvalue weighted by molar-refractivity contribution is 6.16. The van der Waals surface area contributed by atoms with Crippen molar-refractivity contribution in [3.63, 3.8) is 0 Å². The van der Waals surface area contributed by atoms with Crippen molar-refractivity contribution in [2.75, 3.05) is 0 Å². The van der Waals surface area contributed by atoms with Crippen LogP contribution in [0.1, 0.15) is 32.6 Å². The molecule has 0 aliphatic carbocycles. The van der Waals surface area contributed by atoms with E-state index in [0.717, 1.165) is 71.2 Å². The van der Waals surface area contributed by atoms with E-state index in [0.29, 0.717) is 5.70 Å². The second-order valence-corrected chi connectivity index (χ2v) is 7.63. The highest BCUT2D eigenvalue weighted by Gasteiger charge is 2.23. The Kier molecular flexibility index (Phi) is 4.71. The lowest BCUT2D eigenvalue weighted by molar-refractivity contribution is 0.418. The molecule has 5 rings (SSSR count). The highest BCUT2D eigenvalue weighted by atomic mass is 16.3. The average Bonchev–Trinajstić information content (AvgIpc) is 3.50. The largest absolute Gasteiger partial charge is 0.505 e. The zero-order valence-electron chi connectivity index (χ0n) is 16.8. The number of nitrogens with zero attached hydrogens (tertiary/aromatic N) is 4. The van der Waals surface area contributed by atoms with Crippen LogP contribution in [0.15, 0.2) is 115 Å². The van der Waals surface area contributed by atoms with E-state index in [4.69, 9.17) is 4.99 Å². The van der Waals surface area contributed by atoms with Gasteiger partial charge in [0.05, 0.1) is 39.9 Å². The van der Waals surface area contributed by atoms with Crippen molar-refractivity contribution in [2.24, 2.45) is 20.0 Å². The van der Waals surface area contributed by atoms with E-state index in [2.05, 4.69) is 21.9 Å². The maximum Gasteiger partial charge on any atom is 0.146 e. The fourth-order valence-corrected chi connectivity index (χ4v) is 3.79. The number of unbranched alkanes of at least 4 members (excludes halogenated alkanes) is 2. The average molecular weight is 394 g/mol. The third kappa shape index (κ3) is 3.66. The standard InChI is InChI=1S/C25H22N4O/c1-2-3-4-5-22-23-14-20-10-8-18(27-20)12-16-6-7-17(26-16)13-19-9-11-21(28-19)15-24(29-23)25(22)30/h6-15,30H,2-5H2,1H3. The highest BCUT2D eigenvalue weighted by Crippen LogP contribution is 2.30. The van der Waals surface area contributed by atoms with Gasteiger partial charge in [0, 0.05) is 5.57 Å². The molecule has 0 saturated carbocycles. The monoisotopic (exact) mass is 394 g/mol. The van der Waals surface area contributed by atoms with E-state index in [9.17, 15) is 5.11 Å². The lowest BCUT2D eigenvalue weighted by Crippen LogP contribution is -1.99. The van der Waals surface area contributed by atoms with E-state index in [1.807, 2.05) is 60.8 Å². The van der Waals surface area contributed by atoms with E-state index in [1.165, 1.54) is 0 Å². The molecule has 1 N–H and O–H groups in total. The lowest BCUT2D eigenvalue weighted by atomic mass is 10.0. The number of allylic oxidation sites excluding steroid dienone is 11. The van der Waals surface area contributed by atoms with Crippen LogP contribution in [0.25, 0.3) is 0 Å². The van der Waals surface area contributed by atoms with Gasteiger partial charge in [-0.05, 0) is 73.6 Å². The second kappa shape index (κ2) is 7.67. The number of fused-ring (bicyclic) bond motifs is 4. The van der Waals surface area contributed by atoms with Gasteiger partial charge in [0.15, 0.2) is 0 Å². The Morgan fingerprint density at radius 2 is 1.23 bits per heavy atom. The van der Waals surface area contributed by atoms with Crippen molar-refractivity contribution < 1.29 is 5.11 Å². The van der Waals surface area contributed by atoms with Crippen molar-refractivity contribution in [1.29, 1.82) is 0 Å². The minimum atomic E-state index is 0.246. The molecule has 0 saturated heterocycles. The summed E-state index contributed by atoms with van der Waals surface area (Å²) in [7, 11) is 0. The molecule has 0 radical (unpaired) electrons. The Hall–Kier alpha value is -3.60. The van der Waals surface area contributed by atoms with Gasteiger partial charge in [-0.1, -0.05) is 19.8 Å². The molecule has 5 aliphatic heterocycles. The summed E-state index contributed by atoms with van der Waals surface area (Å²) in [5, 5.41) is 10.9. The van der Waals surface area contributed by atoms with Gasteiger partial charge in [-0.25, -0.2) is 20.0 Å². The Morgan fingerprint density at radius 1 is 0.667 bits per heavy atom. The summed E-state index contributed by atoms with van der Waals surface area (Å²) in [5.74, 6) is 0.246. The number of hydrogen-bond acceptors (Lipinski definition) is 5. The first-order chi connectivity index (χ1) is 14.7. The van der Waals surface area contributed by atoms with Crippen molar-refractivity contribution >= 4 is 22.8 Å². The van der Waals surface area contributed by atoms with Crippen LogP contribution in [0.3, 0.4) is 0 Å². The summed E-state index contributed by atoms with van der Waals surface area (Å²) >= 11 is 0. The van der Waals surface area contributed by atoms with Gasteiger partial charge >= 0.3 is 0 Å². The molecule has 0 amide bonds. The van der Waals surface area contributed by atoms with Crippen LogP contribution in [0.4, 0.5) is 0 Å². The first kappa shape index (κ1) is 18.4. The predicted molar refractivity (Wildman–Crippen MR) is 123 cm³/mol. The van der Waals surface area contributed by atoms with Gasteiger partial charge < -0.3 is 5.11 Å². The fourth-order valence-electron chi connectivity index (χ4n) is 3.79. The summed E-state index contributed by atoms with van der Waals surface area (Å²) in [6.45, 7) is 2.17. The molecule has 0 unspecified atom stereocenters. The number of aliphatic imine (C=N–C) groups is 4. The van der Waals surface area contributed by atoms with Crippen LogP contribution < -0.4 is 0 Å². The molecule has 8 bridgehead atoms. The Balaban J connectivity index is 1.60. The SMILES string of the molecule is CCCCCC1=C(O)C2=CC3=NC(=CC4=NC(=CC5=NC(=CC1=N2)C=C5)C=C4)C=C3. The van der Waals surface area contributed by atoms with Crippen LogP contribution in [-0.2, 0) is 0 Å². The minimum absolute atomic E-state index is 0.246. The maximum absolute atomic E-state index is 10.9. The third-order valence-corrected chi connectivity index (χ3v) is 5.32. The van der Waals surface area contributed by atoms with Gasteiger partial charge in [-0.3, -0.25) is 0 Å². The van der Waals surface area contributed by atoms with E-state index < -0.39 is 0 Å². The zero-order valence-corrected chi connectivity index (χ0v) is 16.8. The van der Waals surface area contributed by atoms with Crippen LogP contribution in [0, 0.1) is 0 Å². The first-order valence-corrected chi connectivity index (χ1v) is 10.4. The fraction of sp³-hybridized carbons (Fsp3) is 0.200. The van der Waals surface area contributed by atoms with E-state index >= 15 is 0 Å². The minimum Gasteiger partial charge on any atom is -0.505 e. The summed E-state index contributed by atoms with van der Waals surface area (Å²) in [6.07, 6.45) is 23.5. The Morgan fingerprint density at radius 3 is 1.83 bits per heavy atom. The van der Waals surface area contributed by atoms with E-state index in [-0.39, 0.29) is 5.76 Å². The van der Waals surface area contributed by atoms with Gasteiger partial charge in [0.2, 0.25) is 0 Å². The van der Waals surface area contributed by atoms with Crippen LogP contribution in [-0.4, -0.2) is 28.0 Å². The van der Waals surface area contributed by atoms with Crippen molar-refractivity contribution in [2.45, 2.75) is 32.6 Å². The Labute approximate surface area is 175 Å². The van der Waals surface area contributed by atoms with Gasteiger partial charge in [0.25, 0.3) is 0 Å². The Bertz CT molecular complexity index is 1190. The summed E-state index contributed by atoms with van der Waals surface area (Å²) in [5.41, 5.74) is 7.19. The lowest BCUT2D eigenvalue weighted by Gasteiger charge is -2.04. The molecule has 0 spiro atoms. The molecule has 0 atom stereocenters. The molecule has 0 aromatic carbocycles. The molecular weight excluding hydrogens is 372 g/mol. The molecule has 0 fully saturated rings. The molecule has 30 heavy (non-hydrogen) atoms. The number of rotatable bonds is 4. The number of aliphatic hydroxyl groups is 1.